The van der Waals surface area contributed by atoms with Gasteiger partial charge in [0.15, 0.2) is 0 Å². The van der Waals surface area contributed by atoms with Crippen molar-refractivity contribution in [2.45, 2.75) is 13.1 Å². The predicted molar refractivity (Wildman–Crippen MR) is 78.7 cm³/mol. The molecule has 112 valence electrons. The number of nitrogens with zero attached hydrogens (tertiary/aromatic N) is 2. The zero-order chi connectivity index (χ0) is 15.7. The fourth-order valence-electron chi connectivity index (χ4n) is 2.41. The van der Waals surface area contributed by atoms with Crippen molar-refractivity contribution < 1.29 is 13.2 Å². The Balaban J connectivity index is 2.23. The number of alkyl halides is 3. The van der Waals surface area contributed by atoms with Crippen molar-refractivity contribution in [1.29, 1.82) is 0 Å². The molecule has 0 aliphatic heterocycles. The van der Waals surface area contributed by atoms with Crippen LogP contribution in [0, 0.1) is 6.92 Å². The van der Waals surface area contributed by atoms with Gasteiger partial charge < -0.3 is 0 Å². The molecule has 0 saturated heterocycles. The van der Waals surface area contributed by atoms with E-state index < -0.39 is 11.7 Å². The first kappa shape index (κ1) is 14.4. The van der Waals surface area contributed by atoms with Gasteiger partial charge in [0.2, 0.25) is 0 Å². The lowest BCUT2D eigenvalue weighted by molar-refractivity contribution is -0.137. The molecule has 0 unspecified atom stereocenters. The number of hydrogen-bond acceptors (Lipinski definition) is 1. The lowest BCUT2D eigenvalue weighted by Gasteiger charge is -2.14. The third-order valence-electron chi connectivity index (χ3n) is 3.34. The van der Waals surface area contributed by atoms with E-state index in [2.05, 4.69) is 5.10 Å². The number of aryl methyl sites for hydroxylation is 1. The van der Waals surface area contributed by atoms with Crippen molar-refractivity contribution >= 4 is 0 Å². The summed E-state index contributed by atoms with van der Waals surface area (Å²) in [5, 5.41) is 4.33. The van der Waals surface area contributed by atoms with E-state index in [0.717, 1.165) is 11.8 Å². The predicted octanol–water partition coefficient (Wildman–Crippen LogP) is 4.87. The number of halogens is 3. The fourth-order valence-corrected chi connectivity index (χ4v) is 2.41. The molecular weight excluding hydrogens is 289 g/mol. The summed E-state index contributed by atoms with van der Waals surface area (Å²) in [7, 11) is 0. The third-order valence-corrected chi connectivity index (χ3v) is 3.34. The summed E-state index contributed by atoms with van der Waals surface area (Å²) in [6.07, 6.45) is -4.41. The highest BCUT2D eigenvalue weighted by molar-refractivity contribution is 5.67. The molecule has 0 amide bonds. The van der Waals surface area contributed by atoms with E-state index in [1.54, 1.807) is 23.7 Å². The maximum Gasteiger partial charge on any atom is 0.417 e. The van der Waals surface area contributed by atoms with Gasteiger partial charge in [0, 0.05) is 5.56 Å². The molecule has 1 heterocycles. The Labute approximate surface area is 125 Å². The molecule has 2 aromatic carbocycles. The number of rotatable bonds is 2. The zero-order valence-electron chi connectivity index (χ0n) is 11.8. The van der Waals surface area contributed by atoms with Crippen LogP contribution in [0.15, 0.2) is 60.7 Å². The van der Waals surface area contributed by atoms with Gasteiger partial charge in [0.25, 0.3) is 0 Å². The first-order valence-electron chi connectivity index (χ1n) is 6.75. The van der Waals surface area contributed by atoms with Crippen LogP contribution < -0.4 is 0 Å². The number of hydrogen-bond donors (Lipinski definition) is 0. The van der Waals surface area contributed by atoms with Crippen LogP contribution in [-0.2, 0) is 6.18 Å². The fraction of sp³-hybridized carbons (Fsp3) is 0.118. The molecule has 22 heavy (non-hydrogen) atoms. The average molecular weight is 302 g/mol. The van der Waals surface area contributed by atoms with Gasteiger partial charge in [0.05, 0.1) is 22.6 Å². The first-order chi connectivity index (χ1) is 10.5. The molecule has 0 spiro atoms. The summed E-state index contributed by atoms with van der Waals surface area (Å²) >= 11 is 0. The Morgan fingerprint density at radius 3 is 2.23 bits per heavy atom. The monoisotopic (exact) mass is 302 g/mol. The summed E-state index contributed by atoms with van der Waals surface area (Å²) in [6, 6.07) is 16.3. The second-order valence-electron chi connectivity index (χ2n) is 4.96. The SMILES string of the molecule is Cc1cc(-c2ccccc2C(F)(F)F)n(-c2ccccc2)n1. The zero-order valence-corrected chi connectivity index (χ0v) is 11.8. The minimum absolute atomic E-state index is 0.124. The number of para-hydroxylation sites is 1. The molecule has 3 aromatic rings. The average Bonchev–Trinajstić information content (AvgIpc) is 2.89. The largest absolute Gasteiger partial charge is 0.417 e. The van der Waals surface area contributed by atoms with Gasteiger partial charge in [-0.1, -0.05) is 36.4 Å². The first-order valence-corrected chi connectivity index (χ1v) is 6.75. The molecule has 0 saturated carbocycles. The summed E-state index contributed by atoms with van der Waals surface area (Å²) in [4.78, 5) is 0. The smallest absolute Gasteiger partial charge is 0.233 e. The van der Waals surface area contributed by atoms with E-state index in [1.165, 1.54) is 12.1 Å². The Morgan fingerprint density at radius 1 is 0.909 bits per heavy atom. The molecule has 5 heteroatoms. The van der Waals surface area contributed by atoms with Crippen LogP contribution in [0.3, 0.4) is 0 Å². The molecular formula is C17H13F3N2. The van der Waals surface area contributed by atoms with Gasteiger partial charge in [-0.25, -0.2) is 4.68 Å². The normalized spacial score (nSPS) is 11.6. The van der Waals surface area contributed by atoms with Gasteiger partial charge in [0.1, 0.15) is 0 Å². The van der Waals surface area contributed by atoms with Crippen LogP contribution in [-0.4, -0.2) is 9.78 Å². The molecule has 0 aliphatic carbocycles. The van der Waals surface area contributed by atoms with Crippen LogP contribution in [0.5, 0.6) is 0 Å². The summed E-state index contributed by atoms with van der Waals surface area (Å²) in [5.41, 5.74) is 1.28. The third kappa shape index (κ3) is 2.62. The Bertz CT molecular complexity index is 789. The van der Waals surface area contributed by atoms with E-state index >= 15 is 0 Å². The maximum atomic E-state index is 13.2. The lowest BCUT2D eigenvalue weighted by atomic mass is 10.0. The van der Waals surface area contributed by atoms with Crippen LogP contribution >= 0.6 is 0 Å². The summed E-state index contributed by atoms with van der Waals surface area (Å²) in [5.74, 6) is 0. The second-order valence-corrected chi connectivity index (χ2v) is 4.96. The molecule has 0 N–H and O–H groups in total. The van der Waals surface area contributed by atoms with Crippen LogP contribution in [0.1, 0.15) is 11.3 Å². The van der Waals surface area contributed by atoms with E-state index in [1.807, 2.05) is 30.3 Å². The van der Waals surface area contributed by atoms with E-state index in [-0.39, 0.29) is 5.56 Å². The second kappa shape index (κ2) is 5.33. The van der Waals surface area contributed by atoms with Crippen molar-refractivity contribution in [3.63, 3.8) is 0 Å². The summed E-state index contributed by atoms with van der Waals surface area (Å²) in [6.45, 7) is 1.76. The minimum atomic E-state index is -4.41. The molecule has 0 aliphatic rings. The van der Waals surface area contributed by atoms with Crippen molar-refractivity contribution in [2.24, 2.45) is 0 Å². The molecule has 0 bridgehead atoms. The van der Waals surface area contributed by atoms with Crippen molar-refractivity contribution in [3.8, 4) is 16.9 Å². The maximum absolute atomic E-state index is 13.2. The van der Waals surface area contributed by atoms with Gasteiger partial charge >= 0.3 is 6.18 Å². The van der Waals surface area contributed by atoms with Crippen LogP contribution in [0.25, 0.3) is 16.9 Å². The number of benzene rings is 2. The van der Waals surface area contributed by atoms with Gasteiger partial charge in [-0.05, 0) is 31.2 Å². The molecule has 0 fully saturated rings. The minimum Gasteiger partial charge on any atom is -0.233 e. The van der Waals surface area contributed by atoms with Crippen molar-refractivity contribution in [2.75, 3.05) is 0 Å². The van der Waals surface area contributed by atoms with Crippen molar-refractivity contribution in [3.05, 3.63) is 71.9 Å². The van der Waals surface area contributed by atoms with Gasteiger partial charge in [-0.3, -0.25) is 0 Å². The van der Waals surface area contributed by atoms with E-state index in [0.29, 0.717) is 11.4 Å². The Morgan fingerprint density at radius 2 is 1.55 bits per heavy atom. The Kier molecular flexibility index (Phi) is 3.48. The number of aromatic nitrogens is 2. The van der Waals surface area contributed by atoms with Crippen molar-refractivity contribution in [1.82, 2.24) is 9.78 Å². The van der Waals surface area contributed by atoms with Gasteiger partial charge in [-0.2, -0.15) is 18.3 Å². The highest BCUT2D eigenvalue weighted by atomic mass is 19.4. The Hall–Kier alpha value is -2.56. The molecule has 1 aromatic heterocycles. The molecule has 2 nitrogen and oxygen atoms in total. The highest BCUT2D eigenvalue weighted by Crippen LogP contribution is 2.37. The van der Waals surface area contributed by atoms with E-state index in [4.69, 9.17) is 0 Å². The van der Waals surface area contributed by atoms with Crippen LogP contribution in [0.2, 0.25) is 0 Å². The highest BCUT2D eigenvalue weighted by Gasteiger charge is 2.34. The quantitative estimate of drug-likeness (QED) is 0.660. The lowest BCUT2D eigenvalue weighted by Crippen LogP contribution is -2.08. The van der Waals surface area contributed by atoms with Gasteiger partial charge in [-0.15, -0.1) is 0 Å². The van der Waals surface area contributed by atoms with E-state index in [9.17, 15) is 13.2 Å². The molecule has 0 radical (unpaired) electrons. The van der Waals surface area contributed by atoms with Crippen LogP contribution in [0.4, 0.5) is 13.2 Å². The summed E-state index contributed by atoms with van der Waals surface area (Å²) < 4.78 is 41.3. The molecule has 3 rings (SSSR count). The molecule has 0 atom stereocenters. The topological polar surface area (TPSA) is 17.8 Å². The standard InChI is InChI=1S/C17H13F3N2/c1-12-11-16(22(21-12)13-7-3-2-4-8-13)14-9-5-6-10-15(14)17(18,19)20/h2-11H,1H3.